The number of carbonyl (C=O) groups excluding carboxylic acids is 3. The first-order chi connectivity index (χ1) is 8.34. The van der Waals surface area contributed by atoms with Gasteiger partial charge in [0.15, 0.2) is 0 Å². The van der Waals surface area contributed by atoms with Crippen LogP contribution in [0.4, 0.5) is 0 Å². The van der Waals surface area contributed by atoms with Gasteiger partial charge in [-0.25, -0.2) is 0 Å². The van der Waals surface area contributed by atoms with Crippen LogP contribution in [0.25, 0.3) is 0 Å². The lowest BCUT2D eigenvalue weighted by Crippen LogP contribution is -2.65. The molecular weight excluding hydrogens is 276 g/mol. The Labute approximate surface area is 113 Å². The molecule has 0 spiro atoms. The zero-order valence-corrected chi connectivity index (χ0v) is 11.4. The number of thiophene rings is 1. The summed E-state index contributed by atoms with van der Waals surface area (Å²) in [5, 5.41) is 4.23. The Bertz CT molecular complexity index is 538. The van der Waals surface area contributed by atoms with Crippen LogP contribution in [0.15, 0.2) is 11.4 Å². The highest BCUT2D eigenvalue weighted by Gasteiger charge is 2.44. The number of imide groups is 1. The van der Waals surface area contributed by atoms with Crippen LogP contribution in [0.1, 0.15) is 23.5 Å². The van der Waals surface area contributed by atoms with Crippen molar-refractivity contribution in [3.8, 4) is 0 Å². The van der Waals surface area contributed by atoms with E-state index in [2.05, 4.69) is 5.32 Å². The van der Waals surface area contributed by atoms with E-state index in [1.807, 2.05) is 0 Å². The summed E-state index contributed by atoms with van der Waals surface area (Å²) in [5.74, 6) is -1.37. The van der Waals surface area contributed by atoms with Crippen molar-refractivity contribution in [3.05, 3.63) is 21.3 Å². The fraction of sp³-hybridized carbons (Fsp3) is 0.364. The van der Waals surface area contributed by atoms with E-state index in [-0.39, 0.29) is 6.54 Å². The van der Waals surface area contributed by atoms with E-state index in [1.165, 1.54) is 16.2 Å². The van der Waals surface area contributed by atoms with Crippen LogP contribution in [-0.4, -0.2) is 34.7 Å². The number of nitrogens with one attached hydrogen (secondary N) is 1. The van der Waals surface area contributed by atoms with Crippen LogP contribution in [0.3, 0.4) is 0 Å². The Hall–Kier alpha value is -1.40. The standard InChI is InChI=1S/C11H11ClN2O3S/c1-11(2)10(17)13-7(15)5-14(11)9(16)8-6(12)3-4-18-8/h3-4H,5H2,1-2H3,(H,13,15,17). The van der Waals surface area contributed by atoms with E-state index in [0.717, 1.165) is 0 Å². The van der Waals surface area contributed by atoms with Crippen molar-refractivity contribution < 1.29 is 14.4 Å². The van der Waals surface area contributed by atoms with Gasteiger partial charge in [-0.2, -0.15) is 0 Å². The van der Waals surface area contributed by atoms with E-state index >= 15 is 0 Å². The number of hydrogen-bond acceptors (Lipinski definition) is 4. The lowest BCUT2D eigenvalue weighted by molar-refractivity contribution is -0.143. The Morgan fingerprint density at radius 3 is 2.72 bits per heavy atom. The van der Waals surface area contributed by atoms with Crippen molar-refractivity contribution in [2.45, 2.75) is 19.4 Å². The highest BCUT2D eigenvalue weighted by Crippen LogP contribution is 2.28. The lowest BCUT2D eigenvalue weighted by Gasteiger charge is -2.39. The maximum Gasteiger partial charge on any atom is 0.266 e. The molecular formula is C11H11ClN2O3S. The minimum atomic E-state index is -1.07. The molecule has 1 aliphatic rings. The molecule has 0 aromatic carbocycles. The molecule has 0 saturated carbocycles. The summed E-state index contributed by atoms with van der Waals surface area (Å²) in [5.41, 5.74) is -1.07. The van der Waals surface area contributed by atoms with Gasteiger partial charge in [-0.15, -0.1) is 11.3 Å². The summed E-state index contributed by atoms with van der Waals surface area (Å²) in [7, 11) is 0. The number of nitrogens with zero attached hydrogens (tertiary/aromatic N) is 1. The monoisotopic (exact) mass is 286 g/mol. The van der Waals surface area contributed by atoms with Crippen LogP contribution in [0.5, 0.6) is 0 Å². The molecule has 0 atom stereocenters. The Morgan fingerprint density at radius 1 is 1.50 bits per heavy atom. The van der Waals surface area contributed by atoms with Gasteiger partial charge >= 0.3 is 0 Å². The molecule has 1 aromatic heterocycles. The summed E-state index contributed by atoms with van der Waals surface area (Å²) >= 11 is 7.09. The van der Waals surface area contributed by atoms with E-state index in [4.69, 9.17) is 11.6 Å². The maximum atomic E-state index is 12.3. The summed E-state index contributed by atoms with van der Waals surface area (Å²) < 4.78 is 0. The highest BCUT2D eigenvalue weighted by atomic mass is 35.5. The van der Waals surface area contributed by atoms with Gasteiger partial charge in [-0.1, -0.05) is 11.6 Å². The number of piperazine rings is 1. The Morgan fingerprint density at radius 2 is 2.17 bits per heavy atom. The molecule has 3 amide bonds. The van der Waals surface area contributed by atoms with Gasteiger partial charge in [-0.05, 0) is 25.3 Å². The molecule has 0 aliphatic carbocycles. The smallest absolute Gasteiger partial charge is 0.266 e. The van der Waals surface area contributed by atoms with Crippen molar-refractivity contribution >= 4 is 40.7 Å². The zero-order valence-electron chi connectivity index (χ0n) is 9.82. The molecule has 0 unspecified atom stereocenters. The number of halogens is 1. The minimum Gasteiger partial charge on any atom is -0.314 e. The Kier molecular flexibility index (Phi) is 3.16. The van der Waals surface area contributed by atoms with Crippen LogP contribution in [0, 0.1) is 0 Å². The van der Waals surface area contributed by atoms with Crippen LogP contribution in [0.2, 0.25) is 5.02 Å². The first-order valence-electron chi connectivity index (χ1n) is 5.23. The summed E-state index contributed by atoms with van der Waals surface area (Å²) in [6, 6.07) is 1.61. The zero-order chi connectivity index (χ0) is 13.5. The van der Waals surface area contributed by atoms with Gasteiger partial charge in [0.2, 0.25) is 5.91 Å². The molecule has 5 nitrogen and oxygen atoms in total. The maximum absolute atomic E-state index is 12.3. The third-order valence-electron chi connectivity index (χ3n) is 2.84. The number of hydrogen-bond donors (Lipinski definition) is 1. The minimum absolute atomic E-state index is 0.147. The second-order valence-corrected chi connectivity index (χ2v) is 5.75. The van der Waals surface area contributed by atoms with E-state index < -0.39 is 23.3 Å². The molecule has 96 valence electrons. The molecule has 1 aromatic rings. The molecule has 0 bridgehead atoms. The van der Waals surface area contributed by atoms with Gasteiger partial charge in [-0.3, -0.25) is 19.7 Å². The largest absolute Gasteiger partial charge is 0.314 e. The van der Waals surface area contributed by atoms with Crippen LogP contribution in [-0.2, 0) is 9.59 Å². The second-order valence-electron chi connectivity index (χ2n) is 4.43. The molecule has 7 heteroatoms. The molecule has 1 N–H and O–H groups in total. The third-order valence-corrected chi connectivity index (χ3v) is 4.17. The topological polar surface area (TPSA) is 66.5 Å². The molecule has 2 rings (SSSR count). The van der Waals surface area contributed by atoms with E-state index in [9.17, 15) is 14.4 Å². The SMILES string of the molecule is CC1(C)C(=O)NC(=O)CN1C(=O)c1sccc1Cl. The fourth-order valence-electron chi connectivity index (χ4n) is 1.68. The quantitative estimate of drug-likeness (QED) is 0.791. The summed E-state index contributed by atoms with van der Waals surface area (Å²) in [6.45, 7) is 3.04. The molecule has 1 saturated heterocycles. The first kappa shape index (κ1) is 13.0. The molecule has 1 aliphatic heterocycles. The average molecular weight is 287 g/mol. The normalized spacial score (nSPS) is 18.7. The lowest BCUT2D eigenvalue weighted by atomic mass is 9.98. The first-order valence-corrected chi connectivity index (χ1v) is 6.49. The summed E-state index contributed by atoms with van der Waals surface area (Å²) in [6.07, 6.45) is 0. The van der Waals surface area contributed by atoms with Crippen molar-refractivity contribution in [2.75, 3.05) is 6.54 Å². The highest BCUT2D eigenvalue weighted by molar-refractivity contribution is 7.12. The molecule has 2 heterocycles. The van der Waals surface area contributed by atoms with Gasteiger partial charge in [0.25, 0.3) is 11.8 Å². The molecule has 0 radical (unpaired) electrons. The van der Waals surface area contributed by atoms with Crippen molar-refractivity contribution in [1.29, 1.82) is 0 Å². The van der Waals surface area contributed by atoms with Gasteiger partial charge in [0, 0.05) is 0 Å². The average Bonchev–Trinajstić information content (AvgIpc) is 2.69. The fourth-order valence-corrected chi connectivity index (χ4v) is 2.76. The van der Waals surface area contributed by atoms with Gasteiger partial charge < -0.3 is 4.90 Å². The van der Waals surface area contributed by atoms with Gasteiger partial charge in [0.1, 0.15) is 17.0 Å². The second kappa shape index (κ2) is 4.37. The summed E-state index contributed by atoms with van der Waals surface area (Å²) in [4.78, 5) is 37.0. The molecule has 1 fully saturated rings. The number of amides is 3. The van der Waals surface area contributed by atoms with Crippen molar-refractivity contribution in [1.82, 2.24) is 10.2 Å². The van der Waals surface area contributed by atoms with Gasteiger partial charge in [0.05, 0.1) is 5.02 Å². The predicted molar refractivity (Wildman–Crippen MR) is 67.6 cm³/mol. The third kappa shape index (κ3) is 2.02. The molecule has 18 heavy (non-hydrogen) atoms. The van der Waals surface area contributed by atoms with Crippen LogP contribution < -0.4 is 5.32 Å². The van der Waals surface area contributed by atoms with E-state index in [0.29, 0.717) is 9.90 Å². The number of carbonyl (C=O) groups is 3. The van der Waals surface area contributed by atoms with Crippen molar-refractivity contribution in [3.63, 3.8) is 0 Å². The van der Waals surface area contributed by atoms with Crippen LogP contribution >= 0.6 is 22.9 Å². The predicted octanol–water partition coefficient (Wildman–Crippen LogP) is 1.28. The van der Waals surface area contributed by atoms with E-state index in [1.54, 1.807) is 25.3 Å². The number of rotatable bonds is 1. The van der Waals surface area contributed by atoms with Crippen molar-refractivity contribution in [2.24, 2.45) is 0 Å². The Balaban J connectivity index is 2.37.